The molecule has 1 aromatic carbocycles. The van der Waals surface area contributed by atoms with E-state index in [2.05, 4.69) is 10.6 Å². The van der Waals surface area contributed by atoms with E-state index in [0.29, 0.717) is 23.7 Å². The molecule has 0 bridgehead atoms. The van der Waals surface area contributed by atoms with Crippen LogP contribution in [0.4, 0.5) is 5.69 Å². The predicted octanol–water partition coefficient (Wildman–Crippen LogP) is 1.84. The Hall–Kier alpha value is -1.88. The van der Waals surface area contributed by atoms with Gasteiger partial charge in [-0.2, -0.15) is 0 Å². The number of nitrogens with one attached hydrogen (secondary N) is 2. The second-order valence-corrected chi connectivity index (χ2v) is 5.67. The molecule has 1 saturated carbocycles. The second-order valence-electron chi connectivity index (χ2n) is 5.67. The number of anilines is 1. The van der Waals surface area contributed by atoms with Crippen molar-refractivity contribution in [3.05, 3.63) is 29.8 Å². The van der Waals surface area contributed by atoms with E-state index < -0.39 is 6.10 Å². The van der Waals surface area contributed by atoms with Crippen LogP contribution in [-0.4, -0.2) is 23.5 Å². The first-order chi connectivity index (χ1) is 9.99. The van der Waals surface area contributed by atoms with E-state index in [0.717, 1.165) is 6.42 Å². The Kier molecular flexibility index (Phi) is 4.96. The Bertz CT molecular complexity index is 528. The van der Waals surface area contributed by atoms with Crippen LogP contribution in [0, 0.1) is 11.8 Å². The van der Waals surface area contributed by atoms with Crippen molar-refractivity contribution in [1.29, 1.82) is 0 Å². The lowest BCUT2D eigenvalue weighted by molar-refractivity contribution is -0.122. The number of carbonyl (C=O) groups excluding carboxylic acids is 2. The van der Waals surface area contributed by atoms with Crippen molar-refractivity contribution in [3.8, 4) is 0 Å². The van der Waals surface area contributed by atoms with Gasteiger partial charge in [-0.05, 0) is 25.3 Å². The number of hydrogen-bond donors (Lipinski definition) is 3. The van der Waals surface area contributed by atoms with Crippen molar-refractivity contribution in [1.82, 2.24) is 5.32 Å². The summed E-state index contributed by atoms with van der Waals surface area (Å²) in [5.74, 6) is 0.465. The summed E-state index contributed by atoms with van der Waals surface area (Å²) in [4.78, 5) is 23.5. The maximum atomic E-state index is 11.9. The van der Waals surface area contributed by atoms with Crippen molar-refractivity contribution in [2.75, 3.05) is 11.9 Å². The van der Waals surface area contributed by atoms with E-state index >= 15 is 0 Å². The van der Waals surface area contributed by atoms with Crippen LogP contribution in [-0.2, 0) is 9.59 Å². The van der Waals surface area contributed by atoms with E-state index in [1.807, 2.05) is 13.0 Å². The molecule has 2 rings (SSSR count). The van der Waals surface area contributed by atoms with Gasteiger partial charge in [0.2, 0.25) is 11.8 Å². The average molecular weight is 290 g/mol. The quantitative estimate of drug-likeness (QED) is 0.748. The van der Waals surface area contributed by atoms with Crippen molar-refractivity contribution in [2.45, 2.75) is 32.8 Å². The van der Waals surface area contributed by atoms with Gasteiger partial charge in [0, 0.05) is 30.1 Å². The van der Waals surface area contributed by atoms with Crippen molar-refractivity contribution < 1.29 is 14.7 Å². The van der Waals surface area contributed by atoms with Crippen molar-refractivity contribution in [2.24, 2.45) is 11.8 Å². The molecule has 21 heavy (non-hydrogen) atoms. The molecule has 3 atom stereocenters. The van der Waals surface area contributed by atoms with E-state index in [-0.39, 0.29) is 24.2 Å². The summed E-state index contributed by atoms with van der Waals surface area (Å²) in [6.07, 6.45) is 0.526. The molecule has 1 aromatic rings. The largest absolute Gasteiger partial charge is 0.389 e. The predicted molar refractivity (Wildman–Crippen MR) is 80.6 cm³/mol. The van der Waals surface area contributed by atoms with Gasteiger partial charge in [-0.25, -0.2) is 0 Å². The summed E-state index contributed by atoms with van der Waals surface area (Å²) >= 11 is 0. The van der Waals surface area contributed by atoms with E-state index in [1.54, 1.807) is 25.1 Å². The van der Waals surface area contributed by atoms with Gasteiger partial charge < -0.3 is 15.7 Å². The molecule has 1 aliphatic rings. The minimum absolute atomic E-state index is 0.0414. The van der Waals surface area contributed by atoms with Crippen molar-refractivity contribution >= 4 is 17.5 Å². The summed E-state index contributed by atoms with van der Waals surface area (Å²) in [7, 11) is 0. The lowest BCUT2D eigenvalue weighted by atomic mass is 10.1. The summed E-state index contributed by atoms with van der Waals surface area (Å²) in [5.41, 5.74) is 1.29. The number of amides is 2. The number of aliphatic hydroxyl groups is 1. The molecule has 1 fully saturated rings. The third-order valence-corrected chi connectivity index (χ3v) is 3.78. The zero-order chi connectivity index (χ0) is 15.4. The summed E-state index contributed by atoms with van der Waals surface area (Å²) in [6, 6.07) is 7.15. The van der Waals surface area contributed by atoms with E-state index in [9.17, 15) is 14.7 Å². The van der Waals surface area contributed by atoms with E-state index in [1.165, 1.54) is 0 Å². The second kappa shape index (κ2) is 6.72. The zero-order valence-corrected chi connectivity index (χ0v) is 12.4. The van der Waals surface area contributed by atoms with Crippen LogP contribution in [0.15, 0.2) is 24.3 Å². The lowest BCUT2D eigenvalue weighted by Gasteiger charge is -2.13. The van der Waals surface area contributed by atoms with Gasteiger partial charge in [-0.1, -0.05) is 25.1 Å². The smallest absolute Gasteiger partial charge is 0.226 e. The summed E-state index contributed by atoms with van der Waals surface area (Å²) in [5, 5.41) is 15.2. The topological polar surface area (TPSA) is 78.4 Å². The van der Waals surface area contributed by atoms with Gasteiger partial charge >= 0.3 is 0 Å². The fourth-order valence-electron chi connectivity index (χ4n) is 2.31. The Labute approximate surface area is 124 Å². The fraction of sp³-hybridized carbons (Fsp3) is 0.500. The summed E-state index contributed by atoms with van der Waals surface area (Å²) < 4.78 is 0. The molecule has 3 N–H and O–H groups in total. The van der Waals surface area contributed by atoms with Crippen LogP contribution in [0.5, 0.6) is 0 Å². The van der Waals surface area contributed by atoms with Crippen LogP contribution >= 0.6 is 0 Å². The standard InChI is InChI=1S/C16H22N2O3/c1-10-9-13(10)16(21)17-8-7-15(20)18-14-6-4-3-5-12(14)11(2)19/h3-6,10-11,13,19H,7-9H2,1-2H3,(H,17,21)(H,18,20). The van der Waals surface area contributed by atoms with Gasteiger partial charge in [0.15, 0.2) is 0 Å². The third-order valence-electron chi connectivity index (χ3n) is 3.78. The Balaban J connectivity index is 1.78. The Morgan fingerprint density at radius 3 is 2.67 bits per heavy atom. The maximum absolute atomic E-state index is 11.9. The highest BCUT2D eigenvalue weighted by Crippen LogP contribution is 2.37. The molecule has 0 aliphatic heterocycles. The normalized spacial score (nSPS) is 21.5. The highest BCUT2D eigenvalue weighted by atomic mass is 16.3. The highest BCUT2D eigenvalue weighted by Gasteiger charge is 2.38. The van der Waals surface area contributed by atoms with Crippen LogP contribution in [0.1, 0.15) is 38.4 Å². The number of carbonyl (C=O) groups is 2. The first kappa shape index (κ1) is 15.5. The highest BCUT2D eigenvalue weighted by molar-refractivity contribution is 5.92. The molecule has 114 valence electrons. The van der Waals surface area contributed by atoms with Gasteiger partial charge in [-0.15, -0.1) is 0 Å². The van der Waals surface area contributed by atoms with Crippen LogP contribution in [0.2, 0.25) is 0 Å². The fourth-order valence-corrected chi connectivity index (χ4v) is 2.31. The van der Waals surface area contributed by atoms with Crippen molar-refractivity contribution in [3.63, 3.8) is 0 Å². The Morgan fingerprint density at radius 1 is 1.38 bits per heavy atom. The molecule has 2 amide bonds. The Morgan fingerprint density at radius 2 is 2.05 bits per heavy atom. The van der Waals surface area contributed by atoms with Crippen LogP contribution in [0.25, 0.3) is 0 Å². The summed E-state index contributed by atoms with van der Waals surface area (Å²) in [6.45, 7) is 4.04. The first-order valence-electron chi connectivity index (χ1n) is 7.33. The SMILES string of the molecule is CC(O)c1ccccc1NC(=O)CCNC(=O)C1CC1C. The molecular weight excluding hydrogens is 268 g/mol. The minimum Gasteiger partial charge on any atom is -0.389 e. The van der Waals surface area contributed by atoms with Gasteiger partial charge in [0.1, 0.15) is 0 Å². The number of aliphatic hydroxyl groups excluding tert-OH is 1. The minimum atomic E-state index is -0.641. The average Bonchev–Trinajstić information content (AvgIpc) is 3.16. The molecule has 5 heteroatoms. The third kappa shape index (κ3) is 4.29. The molecule has 0 heterocycles. The molecule has 0 radical (unpaired) electrons. The zero-order valence-electron chi connectivity index (χ0n) is 12.4. The first-order valence-corrected chi connectivity index (χ1v) is 7.33. The van der Waals surface area contributed by atoms with Crippen LogP contribution in [0.3, 0.4) is 0 Å². The molecular formula is C16H22N2O3. The van der Waals surface area contributed by atoms with Crippen LogP contribution < -0.4 is 10.6 Å². The molecule has 1 aliphatic carbocycles. The molecule has 0 aromatic heterocycles. The molecule has 5 nitrogen and oxygen atoms in total. The number of benzene rings is 1. The monoisotopic (exact) mass is 290 g/mol. The number of para-hydroxylation sites is 1. The van der Waals surface area contributed by atoms with Gasteiger partial charge in [-0.3, -0.25) is 9.59 Å². The number of rotatable bonds is 6. The van der Waals surface area contributed by atoms with Gasteiger partial charge in [0.05, 0.1) is 6.10 Å². The molecule has 0 saturated heterocycles. The molecule has 3 unspecified atom stereocenters. The van der Waals surface area contributed by atoms with Gasteiger partial charge in [0.25, 0.3) is 0 Å². The maximum Gasteiger partial charge on any atom is 0.226 e. The lowest BCUT2D eigenvalue weighted by Crippen LogP contribution is -2.29. The number of hydrogen-bond acceptors (Lipinski definition) is 3. The molecule has 0 spiro atoms. The van der Waals surface area contributed by atoms with E-state index in [4.69, 9.17) is 0 Å².